The van der Waals surface area contributed by atoms with Crippen molar-refractivity contribution in [3.63, 3.8) is 0 Å². The van der Waals surface area contributed by atoms with E-state index < -0.39 is 0 Å². The first-order chi connectivity index (χ1) is 21.8. The summed E-state index contributed by atoms with van der Waals surface area (Å²) in [6, 6.07) is 49.1. The first-order valence-electron chi connectivity index (χ1n) is 15.3. The molecule has 0 N–H and O–H groups in total. The summed E-state index contributed by atoms with van der Waals surface area (Å²) < 4.78 is 6.95. The summed E-state index contributed by atoms with van der Waals surface area (Å²) >= 11 is 0. The lowest BCUT2D eigenvalue weighted by Crippen LogP contribution is -2.18. The van der Waals surface area contributed by atoms with Crippen LogP contribution in [0.3, 0.4) is 0 Å². The summed E-state index contributed by atoms with van der Waals surface area (Å²) in [5.74, 6) is 0.506. The Morgan fingerprint density at radius 3 is 1.61 bits per heavy atom. The molecule has 0 radical (unpaired) electrons. The van der Waals surface area contributed by atoms with Crippen LogP contribution in [0.2, 0.25) is 0 Å². The molecule has 44 heavy (non-hydrogen) atoms. The van der Waals surface area contributed by atoms with Gasteiger partial charge in [-0.2, -0.15) is 0 Å². The first-order valence-corrected chi connectivity index (χ1v) is 15.3. The highest BCUT2D eigenvalue weighted by Crippen LogP contribution is 2.53. The third-order valence-corrected chi connectivity index (χ3v) is 8.53. The van der Waals surface area contributed by atoms with Crippen LogP contribution in [0.25, 0.3) is 32.7 Å². The Balaban J connectivity index is 1.55. The first kappa shape index (κ1) is 26.1. The van der Waals surface area contributed by atoms with E-state index in [4.69, 9.17) is 4.42 Å². The molecule has 1 unspecified atom stereocenters. The van der Waals surface area contributed by atoms with Crippen molar-refractivity contribution in [2.45, 2.75) is 13.3 Å². The van der Waals surface area contributed by atoms with Gasteiger partial charge in [-0.05, 0) is 60.9 Å². The van der Waals surface area contributed by atoms with Crippen LogP contribution in [0, 0.1) is 5.92 Å². The number of benzene rings is 6. The van der Waals surface area contributed by atoms with Gasteiger partial charge in [0, 0.05) is 38.9 Å². The fourth-order valence-electron chi connectivity index (χ4n) is 6.48. The lowest BCUT2D eigenvalue weighted by molar-refractivity contribution is 0.669. The summed E-state index contributed by atoms with van der Waals surface area (Å²) in [6.07, 6.45) is 7.92. The van der Waals surface area contributed by atoms with Gasteiger partial charge in [0.05, 0.1) is 16.8 Å². The van der Waals surface area contributed by atoms with E-state index in [-0.39, 0.29) is 0 Å². The Labute approximate surface area is 257 Å². The molecule has 3 nitrogen and oxygen atoms in total. The van der Waals surface area contributed by atoms with Crippen molar-refractivity contribution in [2.24, 2.45) is 5.92 Å². The lowest BCUT2D eigenvalue weighted by Gasteiger charge is -2.32. The van der Waals surface area contributed by atoms with E-state index in [1.807, 2.05) is 0 Å². The van der Waals surface area contributed by atoms with Crippen molar-refractivity contribution in [1.82, 2.24) is 0 Å². The van der Waals surface area contributed by atoms with Crippen molar-refractivity contribution >= 4 is 61.1 Å². The van der Waals surface area contributed by atoms with E-state index in [9.17, 15) is 0 Å². The Morgan fingerprint density at radius 2 is 1.05 bits per heavy atom. The average Bonchev–Trinajstić information content (AvgIpc) is 3.47. The molecule has 1 heterocycles. The number of rotatable bonds is 6. The summed E-state index contributed by atoms with van der Waals surface area (Å²) in [5.41, 5.74) is 8.33. The smallest absolute Gasteiger partial charge is 0.162 e. The van der Waals surface area contributed by atoms with Crippen LogP contribution in [0.15, 0.2) is 168 Å². The van der Waals surface area contributed by atoms with Gasteiger partial charge in [-0.15, -0.1) is 0 Å². The van der Waals surface area contributed by atoms with Gasteiger partial charge < -0.3 is 14.2 Å². The Kier molecular flexibility index (Phi) is 6.49. The lowest BCUT2D eigenvalue weighted by atomic mass is 9.96. The van der Waals surface area contributed by atoms with E-state index >= 15 is 0 Å². The second-order valence-corrected chi connectivity index (χ2v) is 11.4. The molecule has 0 bridgehead atoms. The van der Waals surface area contributed by atoms with Crippen LogP contribution in [-0.2, 0) is 0 Å². The van der Waals surface area contributed by atoms with Gasteiger partial charge in [-0.1, -0.05) is 116 Å². The zero-order valence-electron chi connectivity index (χ0n) is 24.6. The van der Waals surface area contributed by atoms with Crippen LogP contribution in [0.5, 0.6) is 0 Å². The van der Waals surface area contributed by atoms with Gasteiger partial charge in [-0.25, -0.2) is 0 Å². The second kappa shape index (κ2) is 10.9. The number of anilines is 5. The molecule has 0 amide bonds. The molecule has 7 aromatic rings. The van der Waals surface area contributed by atoms with Crippen LogP contribution in [0.1, 0.15) is 13.3 Å². The van der Waals surface area contributed by atoms with Gasteiger partial charge in [0.25, 0.3) is 0 Å². The predicted molar refractivity (Wildman–Crippen MR) is 185 cm³/mol. The molecule has 0 spiro atoms. The largest absolute Gasteiger partial charge is 0.454 e. The minimum Gasteiger partial charge on any atom is -0.454 e. The summed E-state index contributed by atoms with van der Waals surface area (Å²) in [6.45, 7) is 2.26. The highest BCUT2D eigenvalue weighted by molar-refractivity contribution is 6.27. The highest BCUT2D eigenvalue weighted by atomic mass is 16.3. The van der Waals surface area contributed by atoms with E-state index in [1.54, 1.807) is 0 Å². The Morgan fingerprint density at radius 1 is 0.545 bits per heavy atom. The number of para-hydroxylation sites is 4. The standard InChI is InChI=1S/C41H32N2O/c1-29-25-27-33(28-26-29)43(32-19-9-4-10-20-32)40-35-22-12-11-21-34(35)39(38-36-23-13-14-24-37(36)44-41(38)40)42(30-15-5-2-6-16-30)31-17-7-3-8-18-31/h2-25,27-29H,26H2,1H3. The number of furan rings is 1. The van der Waals surface area contributed by atoms with Crippen LogP contribution in [-0.4, -0.2) is 0 Å². The SMILES string of the molecule is CC1C=CC(N(c2ccccc2)c2c3ccccc3c(N(c3ccccc3)c3ccccc3)c3c2oc2ccccc23)=CC1. The molecular formula is C41H32N2O. The van der Waals surface area contributed by atoms with E-state index in [1.165, 1.54) is 0 Å². The maximum absolute atomic E-state index is 6.95. The molecule has 0 aliphatic heterocycles. The minimum atomic E-state index is 0.506. The van der Waals surface area contributed by atoms with Gasteiger partial charge in [0.15, 0.2) is 5.58 Å². The molecule has 1 aliphatic rings. The van der Waals surface area contributed by atoms with Gasteiger partial charge >= 0.3 is 0 Å². The van der Waals surface area contributed by atoms with Crippen molar-refractivity contribution in [1.29, 1.82) is 0 Å². The Hall–Kier alpha value is -5.54. The molecule has 0 fully saturated rings. The number of nitrogens with zero attached hydrogens (tertiary/aromatic N) is 2. The third-order valence-electron chi connectivity index (χ3n) is 8.53. The van der Waals surface area contributed by atoms with E-state index in [2.05, 4.69) is 174 Å². The summed E-state index contributed by atoms with van der Waals surface area (Å²) in [7, 11) is 0. The zero-order valence-corrected chi connectivity index (χ0v) is 24.6. The molecule has 1 atom stereocenters. The monoisotopic (exact) mass is 568 g/mol. The molecule has 1 aromatic heterocycles. The Bertz CT molecular complexity index is 2120. The third kappa shape index (κ3) is 4.37. The second-order valence-electron chi connectivity index (χ2n) is 11.4. The number of fused-ring (bicyclic) bond motifs is 4. The molecule has 0 saturated heterocycles. The van der Waals surface area contributed by atoms with Crippen LogP contribution >= 0.6 is 0 Å². The quantitative estimate of drug-likeness (QED) is 0.186. The maximum Gasteiger partial charge on any atom is 0.162 e. The highest BCUT2D eigenvalue weighted by Gasteiger charge is 2.29. The van der Waals surface area contributed by atoms with Crippen molar-refractivity contribution in [3.8, 4) is 0 Å². The predicted octanol–water partition coefficient (Wildman–Crippen LogP) is 11.8. The molecule has 3 heteroatoms. The fourth-order valence-corrected chi connectivity index (χ4v) is 6.48. The van der Waals surface area contributed by atoms with Crippen molar-refractivity contribution in [2.75, 3.05) is 9.80 Å². The molecule has 0 saturated carbocycles. The molecule has 1 aliphatic carbocycles. The van der Waals surface area contributed by atoms with E-state index in [0.717, 1.165) is 73.3 Å². The van der Waals surface area contributed by atoms with Crippen molar-refractivity contribution in [3.05, 3.63) is 163 Å². The van der Waals surface area contributed by atoms with Gasteiger partial charge in [0.2, 0.25) is 0 Å². The maximum atomic E-state index is 6.95. The summed E-state index contributed by atoms with van der Waals surface area (Å²) in [5, 5.41) is 4.47. The molecule has 6 aromatic carbocycles. The van der Waals surface area contributed by atoms with Crippen molar-refractivity contribution < 1.29 is 4.42 Å². The molecule has 8 rings (SSSR count). The zero-order chi connectivity index (χ0) is 29.5. The van der Waals surface area contributed by atoms with Gasteiger partial charge in [-0.3, -0.25) is 0 Å². The van der Waals surface area contributed by atoms with Crippen LogP contribution < -0.4 is 9.80 Å². The number of allylic oxidation sites excluding steroid dienone is 3. The molecular weight excluding hydrogens is 536 g/mol. The van der Waals surface area contributed by atoms with Gasteiger partial charge in [0.1, 0.15) is 5.58 Å². The minimum absolute atomic E-state index is 0.506. The normalized spacial score (nSPS) is 14.7. The fraction of sp³-hybridized carbons (Fsp3) is 0.0732. The topological polar surface area (TPSA) is 19.6 Å². The average molecular weight is 569 g/mol. The van der Waals surface area contributed by atoms with E-state index in [0.29, 0.717) is 5.92 Å². The van der Waals surface area contributed by atoms with Crippen LogP contribution in [0.4, 0.5) is 28.4 Å². The number of hydrogen-bond donors (Lipinski definition) is 0. The molecule has 212 valence electrons. The summed E-state index contributed by atoms with van der Waals surface area (Å²) in [4.78, 5) is 4.76. The number of hydrogen-bond acceptors (Lipinski definition) is 3.